The highest BCUT2D eigenvalue weighted by Crippen LogP contribution is 2.13. The molecule has 0 saturated heterocycles. The molecule has 0 aliphatic heterocycles. The minimum absolute atomic E-state index is 0.105. The van der Waals surface area contributed by atoms with E-state index in [1.807, 2.05) is 0 Å². The summed E-state index contributed by atoms with van der Waals surface area (Å²) in [5, 5.41) is 5.38. The van der Waals surface area contributed by atoms with Crippen LogP contribution in [0.15, 0.2) is 4.52 Å². The minimum Gasteiger partial charge on any atom is -0.444 e. The third-order valence-corrected chi connectivity index (χ3v) is 3.13. The minimum atomic E-state index is -4.49. The van der Waals surface area contributed by atoms with E-state index < -0.39 is 36.7 Å². The number of halogens is 3. The molecule has 1 atom stereocenters. The zero-order valence-corrected chi connectivity index (χ0v) is 15.3. The Morgan fingerprint density at radius 2 is 1.92 bits per heavy atom. The van der Waals surface area contributed by atoms with E-state index in [9.17, 15) is 22.8 Å². The fraction of sp³-hybridized carbons (Fsp3) is 0.733. The molecule has 0 unspecified atom stereocenters. The first-order valence-electron chi connectivity index (χ1n) is 7.87. The van der Waals surface area contributed by atoms with Crippen LogP contribution in [0.5, 0.6) is 0 Å². The molecule has 11 heteroatoms. The first kappa shape index (κ1) is 21.7. The number of nitrogens with zero attached hydrogens (tertiary/aromatic N) is 3. The monoisotopic (exact) mass is 380 g/mol. The number of aromatic nitrogens is 2. The normalized spacial score (nSPS) is 13.2. The third-order valence-electron chi connectivity index (χ3n) is 3.13. The summed E-state index contributed by atoms with van der Waals surface area (Å²) in [6, 6.07) is -0.325. The van der Waals surface area contributed by atoms with E-state index in [1.54, 1.807) is 40.1 Å². The maximum atomic E-state index is 12.0. The van der Waals surface area contributed by atoms with Gasteiger partial charge in [-0.05, 0) is 27.7 Å². The number of hydrogen-bond acceptors (Lipinski definition) is 6. The number of carbonyl (C=O) groups is 2. The van der Waals surface area contributed by atoms with Crippen LogP contribution in [0.2, 0.25) is 0 Å². The summed E-state index contributed by atoms with van der Waals surface area (Å²) in [6.45, 7) is 5.57. The van der Waals surface area contributed by atoms with E-state index in [1.165, 1.54) is 4.90 Å². The summed E-state index contributed by atoms with van der Waals surface area (Å²) in [7, 11) is 1.56. The van der Waals surface area contributed by atoms with Crippen LogP contribution in [0.3, 0.4) is 0 Å². The Bertz CT molecular complexity index is 625. The lowest BCUT2D eigenvalue weighted by Crippen LogP contribution is -2.40. The van der Waals surface area contributed by atoms with E-state index in [-0.39, 0.29) is 24.2 Å². The Labute approximate surface area is 149 Å². The van der Waals surface area contributed by atoms with Gasteiger partial charge in [0.15, 0.2) is 5.82 Å². The van der Waals surface area contributed by atoms with Crippen LogP contribution < -0.4 is 5.32 Å². The molecule has 1 N–H and O–H groups in total. The van der Waals surface area contributed by atoms with E-state index in [0.29, 0.717) is 0 Å². The number of ether oxygens (including phenoxy) is 1. The van der Waals surface area contributed by atoms with Crippen molar-refractivity contribution in [3.05, 3.63) is 11.7 Å². The van der Waals surface area contributed by atoms with Gasteiger partial charge < -0.3 is 19.5 Å². The van der Waals surface area contributed by atoms with Crippen molar-refractivity contribution in [3.63, 3.8) is 0 Å². The lowest BCUT2D eigenvalue weighted by atomic mass is 10.2. The number of carbonyl (C=O) groups excluding carboxylic acids is 2. The third kappa shape index (κ3) is 8.17. The van der Waals surface area contributed by atoms with Gasteiger partial charge in [0.1, 0.15) is 18.6 Å². The molecule has 0 aliphatic carbocycles. The molecule has 1 heterocycles. The van der Waals surface area contributed by atoms with Crippen LogP contribution in [0.25, 0.3) is 0 Å². The number of alkyl halides is 3. The van der Waals surface area contributed by atoms with Crippen LogP contribution in [0, 0.1) is 0 Å². The second-order valence-electron chi connectivity index (χ2n) is 6.82. The van der Waals surface area contributed by atoms with Gasteiger partial charge in [0, 0.05) is 19.5 Å². The Kier molecular flexibility index (Phi) is 6.99. The molecule has 0 aliphatic rings. The van der Waals surface area contributed by atoms with E-state index in [4.69, 9.17) is 9.26 Å². The van der Waals surface area contributed by atoms with Gasteiger partial charge in [-0.3, -0.25) is 4.79 Å². The second kappa shape index (κ2) is 8.37. The van der Waals surface area contributed by atoms with Gasteiger partial charge in [-0.15, -0.1) is 0 Å². The topological polar surface area (TPSA) is 97.6 Å². The molecule has 0 fully saturated rings. The SMILES string of the molecule is C[C@@H](Cc1noc(CC(=O)NCC(F)(F)F)n1)N(C)C(=O)OC(C)(C)C. The van der Waals surface area contributed by atoms with Crippen molar-refractivity contribution in [1.29, 1.82) is 0 Å². The predicted octanol–water partition coefficient (Wildman–Crippen LogP) is 2.09. The summed E-state index contributed by atoms with van der Waals surface area (Å²) in [5.74, 6) is -0.755. The molecule has 1 aromatic heterocycles. The van der Waals surface area contributed by atoms with E-state index in [0.717, 1.165) is 0 Å². The molecule has 1 rings (SSSR count). The number of hydrogen-bond donors (Lipinski definition) is 1. The smallest absolute Gasteiger partial charge is 0.410 e. The van der Waals surface area contributed by atoms with Gasteiger partial charge in [-0.2, -0.15) is 18.2 Å². The summed E-state index contributed by atoms with van der Waals surface area (Å²) < 4.78 is 46.2. The van der Waals surface area contributed by atoms with Gasteiger partial charge >= 0.3 is 12.3 Å². The van der Waals surface area contributed by atoms with Gasteiger partial charge in [-0.1, -0.05) is 5.16 Å². The van der Waals surface area contributed by atoms with Gasteiger partial charge in [-0.25, -0.2) is 4.79 Å². The van der Waals surface area contributed by atoms with Crippen molar-refractivity contribution in [2.75, 3.05) is 13.6 Å². The quantitative estimate of drug-likeness (QED) is 0.812. The van der Waals surface area contributed by atoms with Crippen molar-refractivity contribution < 1.29 is 32.0 Å². The van der Waals surface area contributed by atoms with Crippen molar-refractivity contribution >= 4 is 12.0 Å². The molecule has 0 saturated carbocycles. The molecule has 8 nitrogen and oxygen atoms in total. The molecule has 2 amide bonds. The van der Waals surface area contributed by atoms with Crippen LogP contribution in [0.4, 0.5) is 18.0 Å². The van der Waals surface area contributed by atoms with Crippen LogP contribution in [-0.4, -0.2) is 58.5 Å². The highest BCUT2D eigenvalue weighted by atomic mass is 19.4. The number of nitrogens with one attached hydrogen (secondary N) is 1. The number of amides is 2. The highest BCUT2D eigenvalue weighted by Gasteiger charge is 2.28. The molecule has 26 heavy (non-hydrogen) atoms. The van der Waals surface area contributed by atoms with Crippen molar-refractivity contribution in [2.45, 2.75) is 58.4 Å². The first-order chi connectivity index (χ1) is 11.8. The standard InChI is InChI=1S/C15H23F3N4O4/c1-9(22(5)13(24)25-14(2,3)4)6-10-20-12(26-21-10)7-11(23)19-8-15(16,17)18/h9H,6-8H2,1-5H3,(H,19,23)/t9-/m0/s1. The van der Waals surface area contributed by atoms with Crippen LogP contribution in [-0.2, 0) is 22.4 Å². The average Bonchev–Trinajstić information content (AvgIpc) is 2.88. The molecular formula is C15H23F3N4O4. The maximum absolute atomic E-state index is 12.0. The zero-order chi connectivity index (χ0) is 20.1. The Balaban J connectivity index is 2.54. The van der Waals surface area contributed by atoms with Crippen molar-refractivity contribution in [2.24, 2.45) is 0 Å². The van der Waals surface area contributed by atoms with Crippen LogP contribution in [0.1, 0.15) is 39.4 Å². The fourth-order valence-electron chi connectivity index (χ4n) is 1.76. The lowest BCUT2D eigenvalue weighted by Gasteiger charge is -2.28. The lowest BCUT2D eigenvalue weighted by molar-refractivity contribution is -0.138. The molecule has 148 valence electrons. The summed E-state index contributed by atoms with van der Waals surface area (Å²) in [5.41, 5.74) is -0.631. The van der Waals surface area contributed by atoms with Gasteiger partial charge in [0.2, 0.25) is 11.8 Å². The Morgan fingerprint density at radius 1 is 1.31 bits per heavy atom. The van der Waals surface area contributed by atoms with E-state index in [2.05, 4.69) is 10.1 Å². The molecular weight excluding hydrogens is 357 g/mol. The summed E-state index contributed by atoms with van der Waals surface area (Å²) in [6.07, 6.45) is -5.24. The zero-order valence-electron chi connectivity index (χ0n) is 15.3. The number of rotatable bonds is 6. The molecule has 0 spiro atoms. The van der Waals surface area contributed by atoms with Gasteiger partial charge in [0.05, 0.1) is 0 Å². The first-order valence-corrected chi connectivity index (χ1v) is 7.87. The Hall–Kier alpha value is -2.33. The largest absolute Gasteiger partial charge is 0.444 e. The molecule has 0 radical (unpaired) electrons. The highest BCUT2D eigenvalue weighted by molar-refractivity contribution is 5.77. The molecule has 0 aromatic carbocycles. The van der Waals surface area contributed by atoms with Crippen molar-refractivity contribution in [3.8, 4) is 0 Å². The molecule has 1 aromatic rings. The summed E-state index contributed by atoms with van der Waals surface area (Å²) >= 11 is 0. The predicted molar refractivity (Wildman–Crippen MR) is 84.2 cm³/mol. The average molecular weight is 380 g/mol. The molecule has 0 bridgehead atoms. The second-order valence-corrected chi connectivity index (χ2v) is 6.82. The number of likely N-dealkylation sites (N-methyl/N-ethyl adjacent to an activating group) is 1. The van der Waals surface area contributed by atoms with Gasteiger partial charge in [0.25, 0.3) is 0 Å². The van der Waals surface area contributed by atoms with E-state index >= 15 is 0 Å². The van der Waals surface area contributed by atoms with Crippen molar-refractivity contribution in [1.82, 2.24) is 20.4 Å². The maximum Gasteiger partial charge on any atom is 0.410 e. The summed E-state index contributed by atoms with van der Waals surface area (Å²) in [4.78, 5) is 28.7. The fourth-order valence-corrected chi connectivity index (χ4v) is 1.76. The Morgan fingerprint density at radius 3 is 2.46 bits per heavy atom. The van der Waals surface area contributed by atoms with Crippen LogP contribution >= 0.6 is 0 Å².